The second kappa shape index (κ2) is 11.2. The molecule has 3 aromatic rings. The summed E-state index contributed by atoms with van der Waals surface area (Å²) in [4.78, 5) is 57.1. The number of ether oxygens (including phenoxy) is 1. The number of nitrogens with zero attached hydrogens (tertiary/aromatic N) is 1. The summed E-state index contributed by atoms with van der Waals surface area (Å²) < 4.78 is 4.91. The zero-order valence-electron chi connectivity index (χ0n) is 22.8. The Kier molecular flexibility index (Phi) is 7.55. The first-order valence-electron chi connectivity index (χ1n) is 13.4. The van der Waals surface area contributed by atoms with Gasteiger partial charge in [-0.3, -0.25) is 14.4 Å². The number of aromatic nitrogens is 1. The number of aryl methyl sites for hydroxylation is 1. The number of likely N-dealkylation sites (tertiary alicyclic amines) is 1. The minimum absolute atomic E-state index is 0.00408. The molecule has 206 valence electrons. The minimum atomic E-state index is -0.984. The Morgan fingerprint density at radius 1 is 1.02 bits per heavy atom. The molecule has 3 N–H and O–H groups in total. The number of piperidine rings is 1. The number of H-pyrrole nitrogens is 1. The van der Waals surface area contributed by atoms with Crippen molar-refractivity contribution >= 4 is 41.0 Å². The highest BCUT2D eigenvalue weighted by molar-refractivity contribution is 6.35. The molecule has 1 aromatic heterocycles. The maximum Gasteiger partial charge on any atom is 0.333 e. The number of esters is 1. The largest absolute Gasteiger partial charge is 0.467 e. The number of carbonyl (C=O) groups is 4. The van der Waals surface area contributed by atoms with Crippen molar-refractivity contribution in [1.82, 2.24) is 15.2 Å². The van der Waals surface area contributed by atoms with Crippen LogP contribution in [0.5, 0.6) is 0 Å². The van der Waals surface area contributed by atoms with Crippen LogP contribution in [0.1, 0.15) is 74.1 Å². The molecule has 3 amide bonds. The number of fused-ring (bicyclic) bond motifs is 1. The molecule has 2 aromatic carbocycles. The third-order valence-corrected chi connectivity index (χ3v) is 7.53. The Hall–Kier alpha value is -4.66. The summed E-state index contributed by atoms with van der Waals surface area (Å²) in [6, 6.07) is 12.7. The Morgan fingerprint density at radius 2 is 1.75 bits per heavy atom. The van der Waals surface area contributed by atoms with Crippen molar-refractivity contribution in [2.75, 3.05) is 25.5 Å². The first-order valence-corrected chi connectivity index (χ1v) is 13.4. The zero-order chi connectivity index (χ0) is 28.4. The second-order valence-electron chi connectivity index (χ2n) is 10.1. The predicted molar refractivity (Wildman–Crippen MR) is 152 cm³/mol. The topological polar surface area (TPSA) is 121 Å². The van der Waals surface area contributed by atoms with E-state index < -0.39 is 17.9 Å². The Labute approximate surface area is 232 Å². The highest BCUT2D eigenvalue weighted by Crippen LogP contribution is 2.35. The van der Waals surface area contributed by atoms with E-state index in [9.17, 15) is 19.2 Å². The van der Waals surface area contributed by atoms with Crippen LogP contribution in [-0.2, 0) is 14.3 Å². The summed E-state index contributed by atoms with van der Waals surface area (Å²) in [5.74, 6) is -1.38. The Bertz CT molecular complexity index is 1520. The third kappa shape index (κ3) is 5.14. The molecule has 0 radical (unpaired) electrons. The molecule has 2 aliphatic heterocycles. The van der Waals surface area contributed by atoms with Gasteiger partial charge in [-0.05, 0) is 68.5 Å². The number of methoxy groups -OCH3 is 1. The summed E-state index contributed by atoms with van der Waals surface area (Å²) in [6.45, 7) is 5.24. The van der Waals surface area contributed by atoms with Gasteiger partial charge in [-0.25, -0.2) is 4.79 Å². The molecule has 1 atom stereocenters. The van der Waals surface area contributed by atoms with Crippen molar-refractivity contribution in [3.63, 3.8) is 0 Å². The zero-order valence-corrected chi connectivity index (χ0v) is 22.8. The molecule has 1 fully saturated rings. The number of carbonyl (C=O) groups excluding carboxylic acids is 4. The summed E-state index contributed by atoms with van der Waals surface area (Å²) in [5, 5.41) is 5.59. The highest BCUT2D eigenvalue weighted by atomic mass is 16.5. The van der Waals surface area contributed by atoms with Crippen molar-refractivity contribution in [3.8, 4) is 0 Å². The van der Waals surface area contributed by atoms with E-state index in [1.165, 1.54) is 7.11 Å². The van der Waals surface area contributed by atoms with E-state index in [0.717, 1.165) is 43.6 Å². The fourth-order valence-electron chi connectivity index (χ4n) is 5.37. The molecule has 9 heteroatoms. The highest BCUT2D eigenvalue weighted by Gasteiger charge is 2.29. The number of hydrogen-bond acceptors (Lipinski definition) is 5. The number of hydrogen-bond donors (Lipinski definition) is 3. The monoisotopic (exact) mass is 540 g/mol. The number of aromatic amines is 1. The van der Waals surface area contributed by atoms with Crippen molar-refractivity contribution in [3.05, 3.63) is 87.7 Å². The molecule has 9 nitrogen and oxygen atoms in total. The first kappa shape index (κ1) is 26.9. The molecule has 0 bridgehead atoms. The van der Waals surface area contributed by atoms with Crippen LogP contribution >= 0.6 is 0 Å². The van der Waals surface area contributed by atoms with Crippen molar-refractivity contribution < 1.29 is 23.9 Å². The normalized spacial score (nSPS) is 16.3. The Morgan fingerprint density at radius 3 is 2.45 bits per heavy atom. The van der Waals surface area contributed by atoms with Gasteiger partial charge in [0.15, 0.2) is 6.04 Å². The molecule has 0 saturated carbocycles. The third-order valence-electron chi connectivity index (χ3n) is 7.53. The van der Waals surface area contributed by atoms with Crippen LogP contribution in [0.4, 0.5) is 5.69 Å². The van der Waals surface area contributed by atoms with E-state index in [-0.39, 0.29) is 17.4 Å². The molecular formula is C31H32N4O5. The first-order chi connectivity index (χ1) is 19.3. The van der Waals surface area contributed by atoms with E-state index in [1.54, 1.807) is 48.5 Å². The fraction of sp³-hybridized carbons (Fsp3) is 0.290. The average Bonchev–Trinajstić information content (AvgIpc) is 3.44. The lowest BCUT2D eigenvalue weighted by atomic mass is 10.0. The number of anilines is 1. The SMILES string of the molecule is COC(=O)[C@@H](NC(=O)c1ccc2c(c1)C(=Cc1[nH]c(C)c(C(=O)N3CCCCC3)c1C)C(=O)N2)c1ccccc1. The van der Waals surface area contributed by atoms with E-state index in [1.807, 2.05) is 24.8 Å². The fourth-order valence-corrected chi connectivity index (χ4v) is 5.37. The molecule has 3 heterocycles. The van der Waals surface area contributed by atoms with Gasteiger partial charge in [0.25, 0.3) is 17.7 Å². The molecule has 2 aliphatic rings. The average molecular weight is 541 g/mol. The molecule has 1 saturated heterocycles. The predicted octanol–water partition coefficient (Wildman–Crippen LogP) is 4.39. The molecule has 0 unspecified atom stereocenters. The lowest BCUT2D eigenvalue weighted by molar-refractivity contribution is -0.143. The van der Waals surface area contributed by atoms with Crippen LogP contribution in [0.3, 0.4) is 0 Å². The van der Waals surface area contributed by atoms with Gasteiger partial charge in [-0.2, -0.15) is 0 Å². The van der Waals surface area contributed by atoms with E-state index in [2.05, 4.69) is 15.6 Å². The Balaban J connectivity index is 1.44. The summed E-state index contributed by atoms with van der Waals surface area (Å²) in [7, 11) is 1.27. The lowest BCUT2D eigenvalue weighted by Gasteiger charge is -2.27. The van der Waals surface area contributed by atoms with Crippen molar-refractivity contribution in [2.24, 2.45) is 0 Å². The van der Waals surface area contributed by atoms with Gasteiger partial charge in [0.2, 0.25) is 0 Å². The van der Waals surface area contributed by atoms with Crippen LogP contribution in [-0.4, -0.2) is 53.8 Å². The van der Waals surface area contributed by atoms with Crippen LogP contribution in [0, 0.1) is 13.8 Å². The number of rotatable bonds is 6. The standard InChI is InChI=1S/C31H32N4O5/c1-18-25(32-19(2)26(18)30(38)35-14-8-5-9-15-35)17-23-22-16-21(12-13-24(22)33-29(23)37)28(36)34-27(31(39)40-3)20-10-6-4-7-11-20/h4,6-7,10-13,16-17,27,32H,5,8-9,14-15H2,1-3H3,(H,33,37)(H,34,36)/t27-/m0/s1. The molecule has 40 heavy (non-hydrogen) atoms. The van der Waals surface area contributed by atoms with Crippen LogP contribution < -0.4 is 10.6 Å². The van der Waals surface area contributed by atoms with E-state index in [4.69, 9.17) is 4.74 Å². The van der Waals surface area contributed by atoms with Gasteiger partial charge in [0.05, 0.1) is 18.2 Å². The van der Waals surface area contributed by atoms with Gasteiger partial charge in [-0.1, -0.05) is 30.3 Å². The second-order valence-corrected chi connectivity index (χ2v) is 10.1. The number of amides is 3. The minimum Gasteiger partial charge on any atom is -0.467 e. The quantitative estimate of drug-likeness (QED) is 0.316. The van der Waals surface area contributed by atoms with Crippen molar-refractivity contribution in [2.45, 2.75) is 39.2 Å². The van der Waals surface area contributed by atoms with Gasteiger partial charge in [-0.15, -0.1) is 0 Å². The maximum atomic E-state index is 13.3. The van der Waals surface area contributed by atoms with E-state index in [0.29, 0.717) is 33.6 Å². The van der Waals surface area contributed by atoms with Crippen molar-refractivity contribution in [1.29, 1.82) is 0 Å². The van der Waals surface area contributed by atoms with E-state index >= 15 is 0 Å². The summed E-state index contributed by atoms with van der Waals surface area (Å²) in [6.07, 6.45) is 4.86. The van der Waals surface area contributed by atoms with Crippen LogP contribution in [0.25, 0.3) is 11.6 Å². The summed E-state index contributed by atoms with van der Waals surface area (Å²) >= 11 is 0. The maximum absolute atomic E-state index is 13.3. The van der Waals surface area contributed by atoms with Crippen LogP contribution in [0.15, 0.2) is 48.5 Å². The molecule has 0 spiro atoms. The van der Waals surface area contributed by atoms with Gasteiger partial charge in [0, 0.05) is 41.3 Å². The van der Waals surface area contributed by atoms with Gasteiger partial charge < -0.3 is 25.3 Å². The molecular weight excluding hydrogens is 508 g/mol. The lowest BCUT2D eigenvalue weighted by Crippen LogP contribution is -2.36. The smallest absolute Gasteiger partial charge is 0.333 e. The molecule has 5 rings (SSSR count). The molecule has 0 aliphatic carbocycles. The van der Waals surface area contributed by atoms with Gasteiger partial charge in [0.1, 0.15) is 0 Å². The van der Waals surface area contributed by atoms with Crippen LogP contribution in [0.2, 0.25) is 0 Å². The summed E-state index contributed by atoms with van der Waals surface area (Å²) in [5.41, 5.74) is 5.21. The van der Waals surface area contributed by atoms with Gasteiger partial charge >= 0.3 is 5.97 Å². The number of benzene rings is 2. The number of nitrogens with one attached hydrogen (secondary N) is 3.